The molecule has 1 saturated carbocycles. The van der Waals surface area contributed by atoms with Crippen LogP contribution in [0, 0.1) is 18.8 Å². The summed E-state index contributed by atoms with van der Waals surface area (Å²) in [4.78, 5) is 1.43. The molecule has 2 rings (SSSR count). The first-order valence-electron chi connectivity index (χ1n) is 5.50. The lowest BCUT2D eigenvalue weighted by atomic mass is 10.0. The van der Waals surface area contributed by atoms with Gasteiger partial charge in [0.15, 0.2) is 0 Å². The first-order chi connectivity index (χ1) is 6.72. The highest BCUT2D eigenvalue weighted by Gasteiger charge is 2.39. The highest BCUT2D eigenvalue weighted by atomic mass is 32.1. The first kappa shape index (κ1) is 10.2. The van der Waals surface area contributed by atoms with Gasteiger partial charge in [-0.05, 0) is 48.7 Å². The Balaban J connectivity index is 2.10. The van der Waals surface area contributed by atoms with Crippen LogP contribution in [0.3, 0.4) is 0 Å². The Morgan fingerprint density at radius 1 is 1.64 bits per heavy atom. The monoisotopic (exact) mass is 209 g/mol. The molecule has 78 valence electrons. The fourth-order valence-electron chi connectivity index (χ4n) is 2.18. The largest absolute Gasteiger partial charge is 0.310 e. The van der Waals surface area contributed by atoms with Crippen LogP contribution in [0.5, 0.6) is 0 Å². The minimum atomic E-state index is 0.611. The number of aryl methyl sites for hydroxylation is 1. The molecular weight excluding hydrogens is 190 g/mol. The van der Waals surface area contributed by atoms with Crippen LogP contribution in [0.2, 0.25) is 0 Å². The molecule has 0 aromatic carbocycles. The fourth-order valence-corrected chi connectivity index (χ4v) is 2.92. The molecule has 0 spiro atoms. The van der Waals surface area contributed by atoms with Gasteiger partial charge in [0.2, 0.25) is 0 Å². The van der Waals surface area contributed by atoms with Crippen molar-refractivity contribution in [3.05, 3.63) is 21.9 Å². The summed E-state index contributed by atoms with van der Waals surface area (Å²) < 4.78 is 0. The molecule has 1 fully saturated rings. The number of hydrogen-bond acceptors (Lipinski definition) is 2. The van der Waals surface area contributed by atoms with Crippen molar-refractivity contribution in [3.63, 3.8) is 0 Å². The van der Waals surface area contributed by atoms with Crippen LogP contribution in [0.25, 0.3) is 0 Å². The van der Waals surface area contributed by atoms with Crippen molar-refractivity contribution in [1.82, 2.24) is 5.32 Å². The number of rotatable bonds is 4. The molecule has 0 bridgehead atoms. The van der Waals surface area contributed by atoms with Gasteiger partial charge in [-0.2, -0.15) is 0 Å². The second kappa shape index (κ2) is 4.03. The predicted octanol–water partition coefficient (Wildman–Crippen LogP) is 3.36. The second-order valence-electron chi connectivity index (χ2n) is 4.40. The van der Waals surface area contributed by atoms with E-state index in [0.29, 0.717) is 6.04 Å². The molecule has 0 radical (unpaired) electrons. The van der Waals surface area contributed by atoms with Gasteiger partial charge in [0.05, 0.1) is 0 Å². The van der Waals surface area contributed by atoms with Crippen molar-refractivity contribution >= 4 is 11.3 Å². The first-order valence-corrected chi connectivity index (χ1v) is 6.38. The summed E-state index contributed by atoms with van der Waals surface area (Å²) in [6.07, 6.45) is 1.40. The Hall–Kier alpha value is -0.340. The van der Waals surface area contributed by atoms with Gasteiger partial charge in [0.25, 0.3) is 0 Å². The van der Waals surface area contributed by atoms with E-state index in [1.807, 2.05) is 11.3 Å². The zero-order valence-corrected chi connectivity index (χ0v) is 10.0. The Bertz CT molecular complexity index is 305. The summed E-state index contributed by atoms with van der Waals surface area (Å²) in [5, 5.41) is 5.92. The lowest BCUT2D eigenvalue weighted by Gasteiger charge is -2.16. The van der Waals surface area contributed by atoms with E-state index >= 15 is 0 Å². The van der Waals surface area contributed by atoms with Crippen molar-refractivity contribution in [2.24, 2.45) is 11.8 Å². The molecule has 0 saturated heterocycles. The molecule has 0 aliphatic heterocycles. The summed E-state index contributed by atoms with van der Waals surface area (Å²) >= 11 is 1.87. The lowest BCUT2D eigenvalue weighted by molar-refractivity contribution is 0.477. The molecule has 1 N–H and O–H groups in total. The van der Waals surface area contributed by atoms with Gasteiger partial charge in [-0.15, -0.1) is 11.3 Å². The Labute approximate surface area is 90.5 Å². The zero-order valence-electron chi connectivity index (χ0n) is 9.21. The average Bonchev–Trinajstić information content (AvgIpc) is 2.69. The third-order valence-corrected chi connectivity index (χ3v) is 4.01. The maximum atomic E-state index is 3.61. The van der Waals surface area contributed by atoms with Crippen molar-refractivity contribution in [2.45, 2.75) is 33.2 Å². The van der Waals surface area contributed by atoms with Crippen LogP contribution in [0.1, 0.15) is 36.8 Å². The molecule has 1 aromatic rings. The molecule has 3 unspecified atom stereocenters. The standard InChI is InChI=1S/C12H19NS/c1-4-13-12(11-5-8(11)2)10-6-9(3)14-7-10/h6-8,11-13H,4-5H2,1-3H3. The van der Waals surface area contributed by atoms with E-state index in [1.165, 1.54) is 16.9 Å². The van der Waals surface area contributed by atoms with Gasteiger partial charge in [-0.25, -0.2) is 0 Å². The van der Waals surface area contributed by atoms with Crippen molar-refractivity contribution < 1.29 is 0 Å². The molecular formula is C12H19NS. The predicted molar refractivity (Wildman–Crippen MR) is 62.7 cm³/mol. The lowest BCUT2D eigenvalue weighted by Crippen LogP contribution is -2.22. The van der Waals surface area contributed by atoms with E-state index in [2.05, 4.69) is 37.5 Å². The van der Waals surface area contributed by atoms with Crippen LogP contribution >= 0.6 is 11.3 Å². The van der Waals surface area contributed by atoms with Crippen LogP contribution in [0.15, 0.2) is 11.4 Å². The summed E-state index contributed by atoms with van der Waals surface area (Å²) in [6.45, 7) is 7.81. The zero-order chi connectivity index (χ0) is 10.1. The third kappa shape index (κ3) is 2.01. The maximum absolute atomic E-state index is 3.61. The van der Waals surface area contributed by atoms with E-state index in [1.54, 1.807) is 0 Å². The Kier molecular flexibility index (Phi) is 2.93. The van der Waals surface area contributed by atoms with Gasteiger partial charge in [-0.3, -0.25) is 0 Å². The molecule has 0 amide bonds. The van der Waals surface area contributed by atoms with Crippen molar-refractivity contribution in [3.8, 4) is 0 Å². The number of nitrogens with one attached hydrogen (secondary N) is 1. The van der Waals surface area contributed by atoms with E-state index in [0.717, 1.165) is 18.4 Å². The molecule has 1 aromatic heterocycles. The van der Waals surface area contributed by atoms with E-state index in [-0.39, 0.29) is 0 Å². The maximum Gasteiger partial charge on any atom is 0.0359 e. The summed E-state index contributed by atoms with van der Waals surface area (Å²) in [5.74, 6) is 1.79. The number of thiophene rings is 1. The second-order valence-corrected chi connectivity index (χ2v) is 5.52. The van der Waals surface area contributed by atoms with Gasteiger partial charge < -0.3 is 5.32 Å². The quantitative estimate of drug-likeness (QED) is 0.801. The van der Waals surface area contributed by atoms with Gasteiger partial charge in [-0.1, -0.05) is 13.8 Å². The van der Waals surface area contributed by atoms with Crippen LogP contribution in [-0.4, -0.2) is 6.54 Å². The summed E-state index contributed by atoms with van der Waals surface area (Å²) in [7, 11) is 0. The summed E-state index contributed by atoms with van der Waals surface area (Å²) in [5.41, 5.74) is 1.50. The average molecular weight is 209 g/mol. The molecule has 1 heterocycles. The SMILES string of the molecule is CCNC(c1csc(C)c1)C1CC1C. The van der Waals surface area contributed by atoms with Gasteiger partial charge in [0, 0.05) is 10.9 Å². The van der Waals surface area contributed by atoms with Gasteiger partial charge >= 0.3 is 0 Å². The fraction of sp³-hybridized carbons (Fsp3) is 0.667. The molecule has 1 aliphatic carbocycles. The topological polar surface area (TPSA) is 12.0 Å². The van der Waals surface area contributed by atoms with Crippen molar-refractivity contribution in [1.29, 1.82) is 0 Å². The molecule has 14 heavy (non-hydrogen) atoms. The van der Waals surface area contributed by atoms with E-state index < -0.39 is 0 Å². The molecule has 3 atom stereocenters. The minimum absolute atomic E-state index is 0.611. The highest BCUT2D eigenvalue weighted by molar-refractivity contribution is 7.10. The third-order valence-electron chi connectivity index (χ3n) is 3.13. The van der Waals surface area contributed by atoms with Gasteiger partial charge in [0.1, 0.15) is 0 Å². The highest BCUT2D eigenvalue weighted by Crippen LogP contribution is 2.47. The van der Waals surface area contributed by atoms with Crippen molar-refractivity contribution in [2.75, 3.05) is 6.54 Å². The van der Waals surface area contributed by atoms with Crippen LogP contribution < -0.4 is 5.32 Å². The number of hydrogen-bond donors (Lipinski definition) is 1. The molecule has 2 heteroatoms. The van der Waals surface area contributed by atoms with Crippen LogP contribution in [0.4, 0.5) is 0 Å². The van der Waals surface area contributed by atoms with Crippen LogP contribution in [-0.2, 0) is 0 Å². The normalized spacial score (nSPS) is 27.6. The smallest absolute Gasteiger partial charge is 0.0359 e. The molecule has 1 nitrogen and oxygen atoms in total. The minimum Gasteiger partial charge on any atom is -0.310 e. The Morgan fingerprint density at radius 2 is 2.36 bits per heavy atom. The Morgan fingerprint density at radius 3 is 2.79 bits per heavy atom. The molecule has 1 aliphatic rings. The van der Waals surface area contributed by atoms with E-state index in [9.17, 15) is 0 Å². The summed E-state index contributed by atoms with van der Waals surface area (Å²) in [6, 6.07) is 2.95. The van der Waals surface area contributed by atoms with E-state index in [4.69, 9.17) is 0 Å².